The van der Waals surface area contributed by atoms with E-state index >= 15 is 0 Å². The molecule has 4 heterocycles. The third-order valence-electron chi connectivity index (χ3n) is 6.66. The van der Waals surface area contributed by atoms with Crippen LogP contribution in [0.25, 0.3) is 28.1 Å². The molecule has 0 atom stereocenters. The fourth-order valence-corrected chi connectivity index (χ4v) is 4.62. The fourth-order valence-electron chi connectivity index (χ4n) is 4.62. The first-order valence-electron chi connectivity index (χ1n) is 12.9. The molecule has 0 saturated heterocycles. The number of benzene rings is 2. The van der Waals surface area contributed by atoms with Crippen LogP contribution in [0.5, 0.6) is 11.6 Å². The minimum absolute atomic E-state index is 0.0255. The van der Waals surface area contributed by atoms with Gasteiger partial charge in [-0.1, -0.05) is 6.07 Å². The Kier molecular flexibility index (Phi) is 6.39. The third kappa shape index (κ3) is 5.09. The lowest BCUT2D eigenvalue weighted by atomic mass is 9.98. The Bertz CT molecular complexity index is 1870. The topological polar surface area (TPSA) is 101 Å². The maximum Gasteiger partial charge on any atom is 0.234 e. The normalized spacial score (nSPS) is 11.2. The van der Waals surface area contributed by atoms with Crippen molar-refractivity contribution >= 4 is 16.8 Å². The van der Waals surface area contributed by atoms with Crippen molar-refractivity contribution in [2.75, 3.05) is 0 Å². The second kappa shape index (κ2) is 10.2. The Balaban J connectivity index is 1.30. The quantitative estimate of drug-likeness (QED) is 0.243. The summed E-state index contributed by atoms with van der Waals surface area (Å²) in [6.45, 7) is 5.92. The van der Waals surface area contributed by atoms with Crippen LogP contribution in [-0.2, 0) is 13.5 Å². The molecule has 0 N–H and O–H groups in total. The minimum atomic E-state index is 0.0255. The second-order valence-corrected chi connectivity index (χ2v) is 9.90. The van der Waals surface area contributed by atoms with E-state index in [0.29, 0.717) is 34.1 Å². The number of carbonyl (C=O) groups is 1. The molecule has 0 saturated carbocycles. The number of aryl methyl sites for hydroxylation is 4. The van der Waals surface area contributed by atoms with E-state index in [9.17, 15) is 4.79 Å². The van der Waals surface area contributed by atoms with Gasteiger partial charge in [0.2, 0.25) is 5.88 Å². The maximum atomic E-state index is 13.5. The second-order valence-electron chi connectivity index (χ2n) is 9.90. The van der Waals surface area contributed by atoms with Gasteiger partial charge in [-0.2, -0.15) is 10.1 Å². The zero-order chi connectivity index (χ0) is 27.8. The van der Waals surface area contributed by atoms with Crippen LogP contribution in [0.3, 0.4) is 0 Å². The Morgan fingerprint density at radius 1 is 1.00 bits per heavy atom. The Morgan fingerprint density at radius 3 is 2.65 bits per heavy atom. The van der Waals surface area contributed by atoms with Gasteiger partial charge in [0.25, 0.3) is 0 Å². The van der Waals surface area contributed by atoms with E-state index < -0.39 is 0 Å². The van der Waals surface area contributed by atoms with Gasteiger partial charge in [0.05, 0.1) is 12.0 Å². The van der Waals surface area contributed by atoms with Crippen molar-refractivity contribution in [3.05, 3.63) is 108 Å². The van der Waals surface area contributed by atoms with Crippen LogP contribution in [0.1, 0.15) is 32.7 Å². The number of aromatic nitrogens is 7. The summed E-state index contributed by atoms with van der Waals surface area (Å²) in [5.41, 5.74) is 6.66. The fraction of sp³-hybridized carbons (Fsp3) is 0.161. The van der Waals surface area contributed by atoms with Gasteiger partial charge < -0.3 is 9.30 Å². The smallest absolute Gasteiger partial charge is 0.234 e. The average Bonchev–Trinajstić information content (AvgIpc) is 3.55. The van der Waals surface area contributed by atoms with Gasteiger partial charge in [0.15, 0.2) is 17.3 Å². The van der Waals surface area contributed by atoms with E-state index in [-0.39, 0.29) is 12.2 Å². The molecule has 0 radical (unpaired) electrons. The van der Waals surface area contributed by atoms with Gasteiger partial charge in [-0.05, 0) is 79.9 Å². The van der Waals surface area contributed by atoms with Gasteiger partial charge in [-0.3, -0.25) is 14.5 Å². The molecule has 4 aromatic heterocycles. The molecule has 0 unspecified atom stereocenters. The number of Topliss-reactive ketones (excluding diaryl/α,β-unsaturated/α-hetero) is 1. The maximum absolute atomic E-state index is 13.5. The summed E-state index contributed by atoms with van der Waals surface area (Å²) in [7, 11) is 1.83. The SMILES string of the molecule is Cc1cc(C(=O)Cc2cc(Oc3nc(-c4cccnc4)nc4nn(C)cc34)ccc2C)cc(-n2cnc(C)c2)c1. The zero-order valence-electron chi connectivity index (χ0n) is 22.7. The van der Waals surface area contributed by atoms with Crippen molar-refractivity contribution in [2.45, 2.75) is 27.2 Å². The highest BCUT2D eigenvalue weighted by molar-refractivity contribution is 5.98. The molecular weight excluding hydrogens is 502 g/mol. The van der Waals surface area contributed by atoms with Crippen molar-refractivity contribution in [3.8, 4) is 28.7 Å². The van der Waals surface area contributed by atoms with Crippen LogP contribution in [0.4, 0.5) is 0 Å². The molecule has 0 fully saturated rings. The molecule has 0 bridgehead atoms. The predicted octanol–water partition coefficient (Wildman–Crippen LogP) is 5.75. The number of carbonyl (C=O) groups excluding carboxylic acids is 1. The first kappa shape index (κ1) is 25.1. The van der Waals surface area contributed by atoms with Crippen molar-refractivity contribution < 1.29 is 9.53 Å². The molecule has 9 heteroatoms. The summed E-state index contributed by atoms with van der Waals surface area (Å²) in [4.78, 5) is 31.2. The number of pyridine rings is 1. The molecular formula is C31H27N7O2. The van der Waals surface area contributed by atoms with Crippen LogP contribution in [0.15, 0.2) is 79.6 Å². The van der Waals surface area contributed by atoms with Crippen LogP contribution >= 0.6 is 0 Å². The third-order valence-corrected chi connectivity index (χ3v) is 6.66. The largest absolute Gasteiger partial charge is 0.438 e. The van der Waals surface area contributed by atoms with E-state index in [0.717, 1.165) is 33.6 Å². The number of rotatable bonds is 7. The van der Waals surface area contributed by atoms with Gasteiger partial charge in [-0.15, -0.1) is 0 Å². The molecule has 9 nitrogen and oxygen atoms in total. The minimum Gasteiger partial charge on any atom is -0.438 e. The number of hydrogen-bond donors (Lipinski definition) is 0. The summed E-state index contributed by atoms with van der Waals surface area (Å²) in [5.74, 6) is 1.46. The van der Waals surface area contributed by atoms with Gasteiger partial charge >= 0.3 is 0 Å². The molecule has 40 heavy (non-hydrogen) atoms. The zero-order valence-corrected chi connectivity index (χ0v) is 22.7. The van der Waals surface area contributed by atoms with Crippen LogP contribution < -0.4 is 4.74 Å². The van der Waals surface area contributed by atoms with Crippen LogP contribution in [0, 0.1) is 20.8 Å². The summed E-state index contributed by atoms with van der Waals surface area (Å²) < 4.78 is 9.91. The van der Waals surface area contributed by atoms with Crippen LogP contribution in [0.2, 0.25) is 0 Å². The summed E-state index contributed by atoms with van der Waals surface area (Å²) in [5, 5.41) is 5.15. The Morgan fingerprint density at radius 2 is 1.88 bits per heavy atom. The van der Waals surface area contributed by atoms with Crippen molar-refractivity contribution in [2.24, 2.45) is 7.05 Å². The number of fused-ring (bicyclic) bond motifs is 1. The Labute approximate surface area is 231 Å². The van der Waals surface area contributed by atoms with E-state index in [1.165, 1.54) is 0 Å². The lowest BCUT2D eigenvalue weighted by molar-refractivity contribution is 0.0992. The number of imidazole rings is 1. The highest BCUT2D eigenvalue weighted by Crippen LogP contribution is 2.31. The predicted molar refractivity (Wildman–Crippen MR) is 152 cm³/mol. The number of ketones is 1. The van der Waals surface area contributed by atoms with E-state index in [1.807, 2.05) is 93.3 Å². The summed E-state index contributed by atoms with van der Waals surface area (Å²) >= 11 is 0. The van der Waals surface area contributed by atoms with Gasteiger partial charge in [-0.25, -0.2) is 9.97 Å². The lowest BCUT2D eigenvalue weighted by Gasteiger charge is -2.12. The van der Waals surface area contributed by atoms with Crippen molar-refractivity contribution in [1.82, 2.24) is 34.3 Å². The van der Waals surface area contributed by atoms with Gasteiger partial charge in [0, 0.05) is 55.1 Å². The lowest BCUT2D eigenvalue weighted by Crippen LogP contribution is -2.07. The number of hydrogen-bond acceptors (Lipinski definition) is 7. The molecule has 198 valence electrons. The average molecular weight is 530 g/mol. The molecule has 6 rings (SSSR count). The summed E-state index contributed by atoms with van der Waals surface area (Å²) in [6.07, 6.45) is 9.17. The molecule has 0 amide bonds. The monoisotopic (exact) mass is 529 g/mol. The first-order chi connectivity index (χ1) is 19.3. The molecule has 2 aromatic carbocycles. The molecule has 0 aliphatic rings. The van der Waals surface area contributed by atoms with Gasteiger partial charge in [0.1, 0.15) is 11.1 Å². The van der Waals surface area contributed by atoms with E-state index in [4.69, 9.17) is 4.74 Å². The van der Waals surface area contributed by atoms with Crippen molar-refractivity contribution in [3.63, 3.8) is 0 Å². The Hall–Kier alpha value is -5.18. The highest BCUT2D eigenvalue weighted by Gasteiger charge is 2.17. The van der Waals surface area contributed by atoms with Crippen LogP contribution in [-0.4, -0.2) is 40.1 Å². The highest BCUT2D eigenvalue weighted by atomic mass is 16.5. The summed E-state index contributed by atoms with van der Waals surface area (Å²) in [6, 6.07) is 15.3. The first-order valence-corrected chi connectivity index (χ1v) is 12.9. The molecule has 0 aliphatic carbocycles. The van der Waals surface area contributed by atoms with E-state index in [1.54, 1.807) is 23.4 Å². The molecule has 6 aromatic rings. The number of nitrogens with zero attached hydrogens (tertiary/aromatic N) is 7. The van der Waals surface area contributed by atoms with Crippen molar-refractivity contribution in [1.29, 1.82) is 0 Å². The number of ether oxygens (including phenoxy) is 1. The molecule has 0 aliphatic heterocycles. The standard InChI is InChI=1S/C31H27N7O2/c1-19-10-24(12-25(11-19)38-16-21(3)33-18-38)28(39)14-23-13-26(8-7-20(23)2)40-31-27-17-37(4)36-30(27)34-29(35-31)22-6-5-9-32-15-22/h5-13,15-18H,14H2,1-4H3. The molecule has 0 spiro atoms. The van der Waals surface area contributed by atoms with E-state index in [2.05, 4.69) is 25.0 Å².